The third-order valence-electron chi connectivity index (χ3n) is 4.24. The molecule has 8 heteroatoms. The van der Waals surface area contributed by atoms with Crippen LogP contribution in [0.25, 0.3) is 0 Å². The number of esters is 2. The highest BCUT2D eigenvalue weighted by Gasteiger charge is 2.26. The van der Waals surface area contributed by atoms with Gasteiger partial charge in [-0.25, -0.2) is 19.2 Å². The number of benzene rings is 1. The first-order valence-electron chi connectivity index (χ1n) is 9.36. The van der Waals surface area contributed by atoms with Crippen molar-refractivity contribution in [3.63, 3.8) is 0 Å². The van der Waals surface area contributed by atoms with Crippen LogP contribution in [0.4, 0.5) is 0 Å². The Kier molecular flexibility index (Phi) is 10.2. The fourth-order valence-electron chi connectivity index (χ4n) is 2.75. The Bertz CT molecular complexity index is 766. The van der Waals surface area contributed by atoms with Crippen LogP contribution < -0.4 is 0 Å². The predicted molar refractivity (Wildman–Crippen MR) is 104 cm³/mol. The van der Waals surface area contributed by atoms with Crippen molar-refractivity contribution in [2.75, 3.05) is 13.2 Å². The van der Waals surface area contributed by atoms with Crippen LogP contribution in [0.2, 0.25) is 0 Å². The number of carboxylic acids is 2. The van der Waals surface area contributed by atoms with Gasteiger partial charge in [-0.05, 0) is 31.4 Å². The fraction of sp³-hybridized carbons (Fsp3) is 0.429. The van der Waals surface area contributed by atoms with E-state index in [4.69, 9.17) is 14.6 Å². The van der Waals surface area contributed by atoms with Crippen LogP contribution >= 0.6 is 0 Å². The Hall–Kier alpha value is -3.16. The van der Waals surface area contributed by atoms with Crippen LogP contribution in [0.1, 0.15) is 75.2 Å². The van der Waals surface area contributed by atoms with E-state index in [0.29, 0.717) is 18.6 Å². The number of carbonyl (C=O) groups excluding carboxylic acids is 2. The molecule has 0 aliphatic rings. The zero-order valence-electron chi connectivity index (χ0n) is 16.4. The van der Waals surface area contributed by atoms with Crippen molar-refractivity contribution >= 4 is 23.9 Å². The van der Waals surface area contributed by atoms with Gasteiger partial charge in [-0.2, -0.15) is 0 Å². The molecule has 0 saturated heterocycles. The van der Waals surface area contributed by atoms with E-state index in [2.05, 4.69) is 6.58 Å². The molecule has 1 aromatic rings. The molecule has 158 valence electrons. The highest BCUT2D eigenvalue weighted by Crippen LogP contribution is 2.21. The normalized spacial score (nSPS) is 10.2. The van der Waals surface area contributed by atoms with Crippen molar-refractivity contribution in [2.24, 2.45) is 0 Å². The molecule has 1 aromatic carbocycles. The first kappa shape index (κ1) is 23.9. The van der Waals surface area contributed by atoms with E-state index in [1.807, 2.05) is 0 Å². The summed E-state index contributed by atoms with van der Waals surface area (Å²) in [5.41, 5.74) is -0.894. The monoisotopic (exact) mass is 406 g/mol. The third-order valence-corrected chi connectivity index (χ3v) is 4.24. The second-order valence-corrected chi connectivity index (χ2v) is 6.42. The maximum Gasteiger partial charge on any atom is 0.339 e. The standard InChI is InChI=1S/C21H26O8/c1-3-16(22)28-12-8-6-4-5-7-9-13-29-21(27)17-14(2)10-11-15(19(23)24)18(17)20(25)26/h3,10-11H,1,4-9,12-13H2,2H3,(H,23,24)(H,25,26). The smallest absolute Gasteiger partial charge is 0.339 e. The first-order valence-corrected chi connectivity index (χ1v) is 9.36. The lowest BCUT2D eigenvalue weighted by Crippen LogP contribution is -2.18. The number of aromatic carboxylic acids is 2. The predicted octanol–water partition coefficient (Wildman–Crippen LogP) is 3.62. The van der Waals surface area contributed by atoms with E-state index in [9.17, 15) is 24.3 Å². The fourth-order valence-corrected chi connectivity index (χ4v) is 2.75. The number of carboxylic acid groups (broad SMARTS) is 2. The lowest BCUT2D eigenvalue weighted by molar-refractivity contribution is -0.137. The van der Waals surface area contributed by atoms with E-state index in [1.54, 1.807) is 0 Å². The summed E-state index contributed by atoms with van der Waals surface area (Å²) in [4.78, 5) is 45.9. The molecule has 0 fully saturated rings. The number of unbranched alkanes of at least 4 members (excludes halogenated alkanes) is 5. The van der Waals surface area contributed by atoms with Crippen molar-refractivity contribution in [2.45, 2.75) is 45.4 Å². The summed E-state index contributed by atoms with van der Waals surface area (Å²) < 4.78 is 10.0. The van der Waals surface area contributed by atoms with E-state index in [0.717, 1.165) is 44.2 Å². The topological polar surface area (TPSA) is 127 Å². The molecular weight excluding hydrogens is 380 g/mol. The minimum Gasteiger partial charge on any atom is -0.478 e. The molecule has 2 N–H and O–H groups in total. The van der Waals surface area contributed by atoms with Crippen LogP contribution in [0.3, 0.4) is 0 Å². The van der Waals surface area contributed by atoms with Gasteiger partial charge in [-0.1, -0.05) is 38.3 Å². The van der Waals surface area contributed by atoms with Gasteiger partial charge < -0.3 is 19.7 Å². The maximum absolute atomic E-state index is 12.3. The second kappa shape index (κ2) is 12.3. The van der Waals surface area contributed by atoms with Crippen LogP contribution in [0.15, 0.2) is 24.8 Å². The maximum atomic E-state index is 12.3. The highest BCUT2D eigenvalue weighted by molar-refractivity contribution is 6.10. The Morgan fingerprint density at radius 2 is 1.41 bits per heavy atom. The van der Waals surface area contributed by atoms with Gasteiger partial charge >= 0.3 is 23.9 Å². The summed E-state index contributed by atoms with van der Waals surface area (Å²) in [7, 11) is 0. The van der Waals surface area contributed by atoms with Crippen molar-refractivity contribution in [1.82, 2.24) is 0 Å². The van der Waals surface area contributed by atoms with Crippen molar-refractivity contribution in [1.29, 1.82) is 0 Å². The number of hydrogen-bond acceptors (Lipinski definition) is 6. The summed E-state index contributed by atoms with van der Waals surface area (Å²) in [6.07, 6.45) is 6.10. The van der Waals surface area contributed by atoms with Crippen LogP contribution in [0, 0.1) is 6.92 Å². The Labute approximate surface area is 169 Å². The minimum atomic E-state index is -1.49. The van der Waals surface area contributed by atoms with Gasteiger partial charge in [0.15, 0.2) is 0 Å². The molecule has 0 unspecified atom stereocenters. The van der Waals surface area contributed by atoms with Crippen molar-refractivity contribution < 1.29 is 38.9 Å². The minimum absolute atomic E-state index is 0.117. The summed E-state index contributed by atoms with van der Waals surface area (Å²) in [5, 5.41) is 18.5. The van der Waals surface area contributed by atoms with E-state index in [1.165, 1.54) is 13.0 Å². The van der Waals surface area contributed by atoms with Crippen molar-refractivity contribution in [3.05, 3.63) is 47.0 Å². The third kappa shape index (κ3) is 7.77. The molecule has 0 heterocycles. The molecule has 0 atom stereocenters. The molecule has 0 radical (unpaired) electrons. The van der Waals surface area contributed by atoms with Gasteiger partial charge in [0, 0.05) is 6.08 Å². The van der Waals surface area contributed by atoms with Crippen molar-refractivity contribution in [3.8, 4) is 0 Å². The molecule has 8 nitrogen and oxygen atoms in total. The number of rotatable bonds is 13. The number of aryl methyl sites for hydroxylation is 1. The molecule has 1 rings (SSSR count). The lowest BCUT2D eigenvalue weighted by atomic mass is 9.96. The Morgan fingerprint density at radius 1 is 0.862 bits per heavy atom. The number of ether oxygens (including phenoxy) is 2. The number of hydrogen-bond donors (Lipinski definition) is 2. The van der Waals surface area contributed by atoms with Gasteiger partial charge in [0.05, 0.1) is 29.9 Å². The largest absolute Gasteiger partial charge is 0.478 e. The van der Waals surface area contributed by atoms with Crippen LogP contribution in [-0.4, -0.2) is 47.3 Å². The zero-order valence-corrected chi connectivity index (χ0v) is 16.4. The van der Waals surface area contributed by atoms with Crippen LogP contribution in [-0.2, 0) is 14.3 Å². The zero-order chi connectivity index (χ0) is 21.8. The molecule has 0 amide bonds. The lowest BCUT2D eigenvalue weighted by Gasteiger charge is -2.12. The molecule has 29 heavy (non-hydrogen) atoms. The molecule has 0 bridgehead atoms. The Morgan fingerprint density at radius 3 is 1.93 bits per heavy atom. The van der Waals surface area contributed by atoms with E-state index >= 15 is 0 Å². The SMILES string of the molecule is C=CC(=O)OCCCCCCCCOC(=O)c1c(C)ccc(C(=O)O)c1C(=O)O. The number of carbonyl (C=O) groups is 4. The van der Waals surface area contributed by atoms with E-state index < -0.39 is 35.0 Å². The summed E-state index contributed by atoms with van der Waals surface area (Å²) in [6.45, 7) is 5.32. The molecular formula is C21H26O8. The first-order chi connectivity index (χ1) is 13.8. The second-order valence-electron chi connectivity index (χ2n) is 6.42. The molecule has 0 aliphatic heterocycles. The average molecular weight is 406 g/mol. The van der Waals surface area contributed by atoms with E-state index in [-0.39, 0.29) is 12.2 Å². The van der Waals surface area contributed by atoms with Gasteiger partial charge in [-0.15, -0.1) is 0 Å². The molecule has 0 saturated carbocycles. The highest BCUT2D eigenvalue weighted by atomic mass is 16.5. The molecule has 0 aliphatic carbocycles. The quantitative estimate of drug-likeness (QED) is 0.289. The Balaban J connectivity index is 2.42. The van der Waals surface area contributed by atoms with Gasteiger partial charge in [0.1, 0.15) is 0 Å². The average Bonchev–Trinajstić information content (AvgIpc) is 2.68. The van der Waals surface area contributed by atoms with Gasteiger partial charge in [-0.3, -0.25) is 0 Å². The summed E-state index contributed by atoms with van der Waals surface area (Å²) in [6, 6.07) is 2.55. The van der Waals surface area contributed by atoms with Crippen LogP contribution in [0.5, 0.6) is 0 Å². The van der Waals surface area contributed by atoms with Gasteiger partial charge in [0.25, 0.3) is 0 Å². The summed E-state index contributed by atoms with van der Waals surface area (Å²) in [5.74, 6) is -4.18. The summed E-state index contributed by atoms with van der Waals surface area (Å²) >= 11 is 0. The molecule has 0 spiro atoms. The molecule has 0 aromatic heterocycles. The van der Waals surface area contributed by atoms with Gasteiger partial charge in [0.2, 0.25) is 0 Å².